The second-order valence-corrected chi connectivity index (χ2v) is 3.86. The molecule has 1 atom stereocenters. The van der Waals surface area contributed by atoms with Crippen LogP contribution in [0.5, 0.6) is 0 Å². The third kappa shape index (κ3) is 1.54. The summed E-state index contributed by atoms with van der Waals surface area (Å²) in [6, 6.07) is 1.27. The molecule has 0 unspecified atom stereocenters. The molecule has 2 heterocycles. The molecule has 5 nitrogen and oxygen atoms in total. The summed E-state index contributed by atoms with van der Waals surface area (Å²) < 4.78 is 1.44. The molecule has 1 aromatic rings. The summed E-state index contributed by atoms with van der Waals surface area (Å²) in [7, 11) is 0. The molecule has 0 radical (unpaired) electrons. The fourth-order valence-corrected chi connectivity index (χ4v) is 2.15. The molecule has 1 aliphatic heterocycles. The van der Waals surface area contributed by atoms with Gasteiger partial charge < -0.3 is 10.8 Å². The second kappa shape index (κ2) is 3.04. The van der Waals surface area contributed by atoms with Crippen LogP contribution in [0.4, 0.5) is 5.82 Å². The molecule has 70 valence electrons. The Balaban J connectivity index is 2.53. The van der Waals surface area contributed by atoms with Crippen LogP contribution in [0.25, 0.3) is 0 Å². The lowest BCUT2D eigenvalue weighted by molar-refractivity contribution is 0.167. The molecule has 0 saturated carbocycles. The molecule has 2 rings (SSSR count). The SMILES string of the molecule is Nc1cc(=O)n2c(n1)SC[C@@H](O)C2. The highest BCUT2D eigenvalue weighted by atomic mass is 32.2. The van der Waals surface area contributed by atoms with Gasteiger partial charge in [0, 0.05) is 11.8 Å². The topological polar surface area (TPSA) is 81.1 Å². The van der Waals surface area contributed by atoms with Crippen molar-refractivity contribution in [3.05, 3.63) is 16.4 Å². The number of aliphatic hydroxyl groups is 1. The van der Waals surface area contributed by atoms with Crippen molar-refractivity contribution in [2.75, 3.05) is 11.5 Å². The number of hydrogen-bond acceptors (Lipinski definition) is 5. The number of aromatic nitrogens is 2. The van der Waals surface area contributed by atoms with E-state index in [9.17, 15) is 9.90 Å². The van der Waals surface area contributed by atoms with Crippen LogP contribution >= 0.6 is 11.8 Å². The molecule has 6 heteroatoms. The third-order valence-electron chi connectivity index (χ3n) is 1.79. The van der Waals surface area contributed by atoms with Crippen molar-refractivity contribution in [2.45, 2.75) is 17.8 Å². The summed E-state index contributed by atoms with van der Waals surface area (Å²) in [4.78, 5) is 15.4. The number of anilines is 1. The van der Waals surface area contributed by atoms with Crippen molar-refractivity contribution in [3.8, 4) is 0 Å². The molecule has 0 bridgehead atoms. The monoisotopic (exact) mass is 199 g/mol. The van der Waals surface area contributed by atoms with Gasteiger partial charge in [-0.15, -0.1) is 0 Å². The number of nitrogens with zero attached hydrogens (tertiary/aromatic N) is 2. The first kappa shape index (κ1) is 8.58. The van der Waals surface area contributed by atoms with Crippen molar-refractivity contribution < 1.29 is 5.11 Å². The van der Waals surface area contributed by atoms with E-state index in [-0.39, 0.29) is 11.4 Å². The minimum atomic E-state index is -0.472. The summed E-state index contributed by atoms with van der Waals surface area (Å²) in [5, 5.41) is 9.90. The smallest absolute Gasteiger partial charge is 0.256 e. The second-order valence-electron chi connectivity index (χ2n) is 2.88. The Morgan fingerprint density at radius 1 is 1.77 bits per heavy atom. The predicted molar refractivity (Wildman–Crippen MR) is 49.6 cm³/mol. The van der Waals surface area contributed by atoms with Gasteiger partial charge >= 0.3 is 0 Å². The van der Waals surface area contributed by atoms with E-state index in [4.69, 9.17) is 5.73 Å². The minimum Gasteiger partial charge on any atom is -0.390 e. The summed E-state index contributed by atoms with van der Waals surface area (Å²) >= 11 is 1.35. The predicted octanol–water partition coefficient (Wildman–Crippen LogP) is -0.708. The molecular formula is C7H9N3O2S. The van der Waals surface area contributed by atoms with E-state index in [1.54, 1.807) is 0 Å². The van der Waals surface area contributed by atoms with Crippen LogP contribution in [0.15, 0.2) is 16.0 Å². The van der Waals surface area contributed by atoms with Gasteiger partial charge in [0.25, 0.3) is 5.56 Å². The molecule has 0 spiro atoms. The molecule has 0 aromatic carbocycles. The number of rotatable bonds is 0. The van der Waals surface area contributed by atoms with Gasteiger partial charge in [0.15, 0.2) is 5.16 Å². The van der Waals surface area contributed by atoms with Crippen LogP contribution in [0, 0.1) is 0 Å². The summed E-state index contributed by atoms with van der Waals surface area (Å²) in [5.41, 5.74) is 5.22. The zero-order valence-electron chi connectivity index (χ0n) is 6.80. The molecule has 0 fully saturated rings. The quantitative estimate of drug-likeness (QED) is 0.539. The van der Waals surface area contributed by atoms with E-state index < -0.39 is 6.10 Å². The first-order valence-electron chi connectivity index (χ1n) is 3.85. The van der Waals surface area contributed by atoms with Gasteiger partial charge in [0.1, 0.15) is 5.82 Å². The lowest BCUT2D eigenvalue weighted by Gasteiger charge is -2.20. The van der Waals surface area contributed by atoms with E-state index >= 15 is 0 Å². The van der Waals surface area contributed by atoms with Crippen LogP contribution < -0.4 is 11.3 Å². The van der Waals surface area contributed by atoms with E-state index in [0.29, 0.717) is 17.5 Å². The number of nitrogen functional groups attached to an aromatic ring is 1. The summed E-state index contributed by atoms with van der Waals surface area (Å²) in [6.45, 7) is 0.314. The Bertz CT molecular complexity index is 390. The lowest BCUT2D eigenvalue weighted by atomic mass is 10.4. The first-order valence-corrected chi connectivity index (χ1v) is 4.83. The number of nitrogens with two attached hydrogens (primary N) is 1. The van der Waals surface area contributed by atoms with E-state index in [1.165, 1.54) is 22.4 Å². The number of hydrogen-bond donors (Lipinski definition) is 2. The van der Waals surface area contributed by atoms with Gasteiger partial charge in [-0.3, -0.25) is 9.36 Å². The largest absolute Gasteiger partial charge is 0.390 e. The van der Waals surface area contributed by atoms with Crippen LogP contribution in [0.3, 0.4) is 0 Å². The molecule has 1 aromatic heterocycles. The minimum absolute atomic E-state index is 0.200. The van der Waals surface area contributed by atoms with Crippen molar-refractivity contribution >= 4 is 17.6 Å². The average molecular weight is 199 g/mol. The highest BCUT2D eigenvalue weighted by Crippen LogP contribution is 2.21. The van der Waals surface area contributed by atoms with Gasteiger partial charge in [0.2, 0.25) is 0 Å². The molecule has 13 heavy (non-hydrogen) atoms. The molecule has 1 aliphatic rings. The number of fused-ring (bicyclic) bond motifs is 1. The Labute approximate surface area is 78.6 Å². The fraction of sp³-hybridized carbons (Fsp3) is 0.429. The van der Waals surface area contributed by atoms with Gasteiger partial charge in [-0.25, -0.2) is 4.98 Å². The third-order valence-corrected chi connectivity index (χ3v) is 2.91. The summed E-state index contributed by atoms with van der Waals surface area (Å²) in [5.74, 6) is 0.802. The molecule has 0 saturated heterocycles. The van der Waals surface area contributed by atoms with Gasteiger partial charge in [-0.05, 0) is 0 Å². The highest BCUT2D eigenvalue weighted by molar-refractivity contribution is 7.99. The van der Waals surface area contributed by atoms with E-state index in [1.807, 2.05) is 0 Å². The molecule has 0 aliphatic carbocycles. The van der Waals surface area contributed by atoms with Crippen molar-refractivity contribution in [1.82, 2.24) is 9.55 Å². The van der Waals surface area contributed by atoms with Gasteiger partial charge in [0.05, 0.1) is 12.6 Å². The Kier molecular flexibility index (Phi) is 2.01. The van der Waals surface area contributed by atoms with Gasteiger partial charge in [-0.2, -0.15) is 0 Å². The number of thioether (sulfide) groups is 1. The van der Waals surface area contributed by atoms with E-state index in [2.05, 4.69) is 4.98 Å². The van der Waals surface area contributed by atoms with Crippen molar-refractivity contribution in [2.24, 2.45) is 0 Å². The first-order chi connectivity index (χ1) is 6.16. The fourth-order valence-electron chi connectivity index (χ4n) is 1.21. The normalized spacial score (nSPS) is 21.2. The maximum absolute atomic E-state index is 11.3. The molecule has 0 amide bonds. The van der Waals surface area contributed by atoms with Crippen molar-refractivity contribution in [3.63, 3.8) is 0 Å². The summed E-state index contributed by atoms with van der Waals surface area (Å²) in [6.07, 6.45) is -0.472. The maximum atomic E-state index is 11.3. The zero-order valence-corrected chi connectivity index (χ0v) is 7.62. The highest BCUT2D eigenvalue weighted by Gasteiger charge is 2.18. The van der Waals surface area contributed by atoms with Crippen LogP contribution in [0.2, 0.25) is 0 Å². The maximum Gasteiger partial charge on any atom is 0.256 e. The van der Waals surface area contributed by atoms with E-state index in [0.717, 1.165) is 0 Å². The number of aliphatic hydroxyl groups excluding tert-OH is 1. The zero-order chi connectivity index (χ0) is 9.42. The average Bonchev–Trinajstić information content (AvgIpc) is 2.06. The Morgan fingerprint density at radius 3 is 3.31 bits per heavy atom. The lowest BCUT2D eigenvalue weighted by Crippen LogP contribution is -2.33. The molecular weight excluding hydrogens is 190 g/mol. The van der Waals surface area contributed by atoms with Crippen LogP contribution in [-0.4, -0.2) is 26.5 Å². The molecule has 3 N–H and O–H groups in total. The van der Waals surface area contributed by atoms with Gasteiger partial charge in [-0.1, -0.05) is 11.8 Å². The van der Waals surface area contributed by atoms with Crippen LogP contribution in [0.1, 0.15) is 0 Å². The Morgan fingerprint density at radius 2 is 2.54 bits per heavy atom. The standard InChI is InChI=1S/C7H9N3O2S/c8-5-1-6(12)10-2-4(11)3-13-7(10)9-5/h1,4,11H,2-3,8H2/t4-/m0/s1. The van der Waals surface area contributed by atoms with Crippen LogP contribution in [-0.2, 0) is 6.54 Å². The van der Waals surface area contributed by atoms with Crippen molar-refractivity contribution in [1.29, 1.82) is 0 Å². The Hall–Kier alpha value is -1.01.